The Morgan fingerprint density at radius 1 is 1.20 bits per heavy atom. The lowest BCUT2D eigenvalue weighted by atomic mass is 9.91. The fourth-order valence-corrected chi connectivity index (χ4v) is 4.23. The number of aromatic nitrogens is 10. The van der Waals surface area contributed by atoms with Gasteiger partial charge in [-0.2, -0.15) is 19.9 Å². The van der Waals surface area contributed by atoms with E-state index in [1.165, 1.54) is 6.33 Å². The molecule has 0 amide bonds. The first-order valence-corrected chi connectivity index (χ1v) is 9.95. The van der Waals surface area contributed by atoms with Crippen LogP contribution in [0.25, 0.3) is 23.2 Å². The Kier molecular flexibility index (Phi) is 3.95. The van der Waals surface area contributed by atoms with Gasteiger partial charge in [-0.25, -0.2) is 9.97 Å². The zero-order chi connectivity index (χ0) is 21.0. The van der Waals surface area contributed by atoms with E-state index < -0.39 is 0 Å². The zero-order valence-corrected chi connectivity index (χ0v) is 17.6. The number of anilines is 1. The molecular weight excluding hydrogens is 382 g/mol. The van der Waals surface area contributed by atoms with E-state index in [0.29, 0.717) is 11.8 Å². The highest BCUT2D eigenvalue weighted by atomic mass is 15.4. The highest BCUT2D eigenvalue weighted by molar-refractivity contribution is 5.65. The van der Waals surface area contributed by atoms with E-state index in [4.69, 9.17) is 4.98 Å². The number of hydrogen-bond acceptors (Lipinski definition) is 8. The second-order valence-electron chi connectivity index (χ2n) is 7.84. The molecule has 11 nitrogen and oxygen atoms in total. The van der Waals surface area contributed by atoms with Gasteiger partial charge < -0.3 is 4.90 Å². The van der Waals surface area contributed by atoms with Gasteiger partial charge in [0.2, 0.25) is 0 Å². The van der Waals surface area contributed by atoms with Gasteiger partial charge in [0.15, 0.2) is 17.5 Å². The third kappa shape index (κ3) is 2.41. The molecule has 0 aliphatic carbocycles. The number of aryl methyl sites for hydroxylation is 1. The molecule has 1 aliphatic heterocycles. The van der Waals surface area contributed by atoms with Gasteiger partial charge in [0, 0.05) is 12.2 Å². The molecule has 0 fully saturated rings. The molecule has 154 valence electrons. The first-order chi connectivity index (χ1) is 14.5. The minimum absolute atomic E-state index is 0.185. The summed E-state index contributed by atoms with van der Waals surface area (Å²) in [6.07, 6.45) is 5.81. The maximum Gasteiger partial charge on any atom is 0.254 e. The third-order valence-electron chi connectivity index (χ3n) is 5.73. The van der Waals surface area contributed by atoms with Crippen LogP contribution in [0.1, 0.15) is 45.8 Å². The van der Waals surface area contributed by atoms with E-state index >= 15 is 0 Å². The van der Waals surface area contributed by atoms with Crippen LogP contribution >= 0.6 is 0 Å². The molecule has 5 rings (SSSR count). The molecule has 1 aliphatic rings. The first kappa shape index (κ1) is 18.4. The molecular formula is C19H23N11. The lowest BCUT2D eigenvalue weighted by Gasteiger charge is -2.47. The average molecular weight is 405 g/mol. The van der Waals surface area contributed by atoms with E-state index in [0.717, 1.165) is 35.3 Å². The van der Waals surface area contributed by atoms with Gasteiger partial charge in [-0.15, -0.1) is 10.2 Å². The van der Waals surface area contributed by atoms with Gasteiger partial charge in [0.25, 0.3) is 5.95 Å². The molecule has 0 saturated heterocycles. The molecule has 0 aromatic carbocycles. The smallest absolute Gasteiger partial charge is 0.254 e. The lowest BCUT2D eigenvalue weighted by Crippen LogP contribution is -2.52. The lowest BCUT2D eigenvalue weighted by molar-refractivity contribution is 0.352. The van der Waals surface area contributed by atoms with Crippen molar-refractivity contribution < 1.29 is 0 Å². The molecule has 30 heavy (non-hydrogen) atoms. The van der Waals surface area contributed by atoms with Crippen LogP contribution in [-0.2, 0) is 5.54 Å². The Bertz CT molecular complexity index is 1200. The van der Waals surface area contributed by atoms with E-state index in [9.17, 15) is 0 Å². The average Bonchev–Trinajstić information content (AvgIpc) is 3.48. The Morgan fingerprint density at radius 2 is 2.03 bits per heavy atom. The van der Waals surface area contributed by atoms with Gasteiger partial charge in [-0.3, -0.25) is 9.67 Å². The van der Waals surface area contributed by atoms with Crippen LogP contribution in [0, 0.1) is 6.92 Å². The van der Waals surface area contributed by atoms with Crippen molar-refractivity contribution in [3.8, 4) is 23.2 Å². The maximum absolute atomic E-state index is 4.96. The molecule has 0 bridgehead atoms. The van der Waals surface area contributed by atoms with Gasteiger partial charge in [0.1, 0.15) is 23.5 Å². The molecule has 1 N–H and O–H groups in total. The number of rotatable bonds is 4. The molecule has 4 aromatic rings. The first-order valence-electron chi connectivity index (χ1n) is 9.95. The summed E-state index contributed by atoms with van der Waals surface area (Å²) < 4.78 is 3.67. The van der Waals surface area contributed by atoms with Crippen molar-refractivity contribution in [3.05, 3.63) is 36.4 Å². The zero-order valence-electron chi connectivity index (χ0n) is 17.6. The largest absolute Gasteiger partial charge is 0.340 e. The molecule has 0 saturated carbocycles. The number of H-pyrrole nitrogens is 1. The molecule has 0 spiro atoms. The molecule has 11 heteroatoms. The van der Waals surface area contributed by atoms with Gasteiger partial charge in [-0.05, 0) is 40.2 Å². The van der Waals surface area contributed by atoms with Crippen molar-refractivity contribution >= 4 is 5.82 Å². The molecule has 0 unspecified atom stereocenters. The fraction of sp³-hybridized carbons (Fsp3) is 0.421. The van der Waals surface area contributed by atoms with Crippen LogP contribution in [0.4, 0.5) is 5.82 Å². The van der Waals surface area contributed by atoms with Crippen molar-refractivity contribution in [2.24, 2.45) is 0 Å². The Morgan fingerprint density at radius 3 is 2.73 bits per heavy atom. The SMILES string of the molecule is CC[C@]1(C)c2nnc(C)n2-c2cnc(-n3ncnc3-c3ccn[nH]3)nc2N1C(C)C. The summed E-state index contributed by atoms with van der Waals surface area (Å²) in [5.41, 5.74) is 1.24. The van der Waals surface area contributed by atoms with Crippen molar-refractivity contribution in [3.63, 3.8) is 0 Å². The predicted molar refractivity (Wildman–Crippen MR) is 109 cm³/mol. The van der Waals surface area contributed by atoms with E-state index in [2.05, 4.69) is 72.6 Å². The molecule has 4 aromatic heterocycles. The monoisotopic (exact) mass is 405 g/mol. The predicted octanol–water partition coefficient (Wildman–Crippen LogP) is 2.19. The molecule has 5 heterocycles. The topological polar surface area (TPSA) is 119 Å². The van der Waals surface area contributed by atoms with Crippen molar-refractivity contribution in [2.45, 2.75) is 52.6 Å². The minimum atomic E-state index is -0.359. The van der Waals surface area contributed by atoms with E-state index in [-0.39, 0.29) is 11.6 Å². The van der Waals surface area contributed by atoms with Crippen LogP contribution in [0.15, 0.2) is 24.8 Å². The summed E-state index contributed by atoms with van der Waals surface area (Å²) in [4.78, 5) is 16.2. The maximum atomic E-state index is 4.96. The van der Waals surface area contributed by atoms with Gasteiger partial charge >= 0.3 is 0 Å². The molecule has 1 atom stereocenters. The van der Waals surface area contributed by atoms with Crippen molar-refractivity contribution in [1.82, 2.24) is 49.7 Å². The second kappa shape index (κ2) is 6.44. The van der Waals surface area contributed by atoms with Crippen LogP contribution in [0.5, 0.6) is 0 Å². The highest BCUT2D eigenvalue weighted by Crippen LogP contribution is 2.44. The number of hydrogen-bond donors (Lipinski definition) is 1. The summed E-state index contributed by atoms with van der Waals surface area (Å²) in [6, 6.07) is 2.02. The Hall–Kier alpha value is -3.63. The summed E-state index contributed by atoms with van der Waals surface area (Å²) in [7, 11) is 0. The van der Waals surface area contributed by atoms with Crippen LogP contribution in [-0.4, -0.2) is 55.7 Å². The fourth-order valence-electron chi connectivity index (χ4n) is 4.23. The summed E-state index contributed by atoms with van der Waals surface area (Å²) in [5.74, 6) is 3.57. The van der Waals surface area contributed by atoms with Crippen molar-refractivity contribution in [2.75, 3.05) is 4.90 Å². The van der Waals surface area contributed by atoms with Crippen LogP contribution in [0.3, 0.4) is 0 Å². The normalized spacial score (nSPS) is 18.0. The summed E-state index contributed by atoms with van der Waals surface area (Å²) in [6.45, 7) is 10.6. The van der Waals surface area contributed by atoms with Gasteiger partial charge in [0.05, 0.1) is 11.7 Å². The van der Waals surface area contributed by atoms with E-state index in [1.807, 2.05) is 13.0 Å². The van der Waals surface area contributed by atoms with Crippen molar-refractivity contribution in [1.29, 1.82) is 0 Å². The second-order valence-corrected chi connectivity index (χ2v) is 7.84. The quantitative estimate of drug-likeness (QED) is 0.549. The number of nitrogens with zero attached hydrogens (tertiary/aromatic N) is 10. The number of aromatic amines is 1. The summed E-state index contributed by atoms with van der Waals surface area (Å²) in [5, 5.41) is 20.1. The van der Waals surface area contributed by atoms with Crippen LogP contribution in [0.2, 0.25) is 0 Å². The van der Waals surface area contributed by atoms with Crippen LogP contribution < -0.4 is 4.90 Å². The minimum Gasteiger partial charge on any atom is -0.340 e. The highest BCUT2D eigenvalue weighted by Gasteiger charge is 2.45. The summed E-state index contributed by atoms with van der Waals surface area (Å²) >= 11 is 0. The third-order valence-corrected chi connectivity index (χ3v) is 5.73. The number of nitrogens with one attached hydrogen (secondary N) is 1. The standard InChI is InChI=1S/C19H23N11/c1-6-19(5)17-27-25-12(4)28(17)14-9-20-18(24-16(14)29(19)11(2)3)30-15(21-10-23-30)13-7-8-22-26-13/h7-11H,6H2,1-5H3,(H,22,26)/t19-/m1/s1. The Balaban J connectivity index is 1.74. The number of fused-ring (bicyclic) bond motifs is 3. The molecule has 0 radical (unpaired) electrons. The van der Waals surface area contributed by atoms with E-state index in [1.54, 1.807) is 17.1 Å². The Labute approximate surface area is 173 Å². The van der Waals surface area contributed by atoms with Gasteiger partial charge in [-0.1, -0.05) is 6.92 Å².